The zero-order valence-electron chi connectivity index (χ0n) is 17.7. The Labute approximate surface area is 187 Å². The van der Waals surface area contributed by atoms with Crippen molar-refractivity contribution in [2.75, 3.05) is 13.7 Å². The Morgan fingerprint density at radius 2 is 1.81 bits per heavy atom. The fourth-order valence-corrected chi connectivity index (χ4v) is 3.87. The number of methoxy groups -OCH3 is 1. The van der Waals surface area contributed by atoms with Crippen LogP contribution in [-0.2, 0) is 6.54 Å². The van der Waals surface area contributed by atoms with Crippen LogP contribution in [0.4, 0.5) is 0 Å². The van der Waals surface area contributed by atoms with E-state index in [9.17, 15) is 0 Å². The number of imidazole rings is 1. The fraction of sp³-hybridized carbons (Fsp3) is 0.192. The van der Waals surface area contributed by atoms with Crippen LogP contribution in [0.5, 0.6) is 11.5 Å². The predicted molar refractivity (Wildman–Crippen MR) is 128 cm³/mol. The Balaban J connectivity index is 1.52. The largest absolute Gasteiger partial charge is 0.493 e. The minimum atomic E-state index is 0.563. The van der Waals surface area contributed by atoms with E-state index in [2.05, 4.69) is 10.6 Å². The van der Waals surface area contributed by atoms with Crippen molar-refractivity contribution in [1.82, 2.24) is 9.55 Å². The molecule has 158 valence electrons. The van der Waals surface area contributed by atoms with E-state index in [-0.39, 0.29) is 0 Å². The highest BCUT2D eigenvalue weighted by Gasteiger charge is 2.14. The van der Waals surface area contributed by atoms with Crippen LogP contribution in [0.25, 0.3) is 28.5 Å². The number of nitrogens with zero attached hydrogens (tertiary/aromatic N) is 2. The first-order valence-electron chi connectivity index (χ1n) is 10.3. The molecule has 1 aromatic heterocycles. The van der Waals surface area contributed by atoms with E-state index in [0.717, 1.165) is 52.4 Å². The molecule has 0 spiro atoms. The minimum Gasteiger partial charge on any atom is -0.493 e. The molecule has 0 saturated heterocycles. The van der Waals surface area contributed by atoms with Crippen molar-refractivity contribution in [3.8, 4) is 22.9 Å². The van der Waals surface area contributed by atoms with Crippen molar-refractivity contribution in [3.05, 3.63) is 83.4 Å². The summed E-state index contributed by atoms with van der Waals surface area (Å²) in [7, 11) is 1.66. The molecule has 0 bridgehead atoms. The number of fused-ring (bicyclic) bond motifs is 1. The first-order chi connectivity index (χ1) is 15.2. The van der Waals surface area contributed by atoms with Gasteiger partial charge in [0.05, 0.1) is 29.8 Å². The molecule has 3 aromatic carbocycles. The van der Waals surface area contributed by atoms with E-state index < -0.39 is 0 Å². The zero-order chi connectivity index (χ0) is 21.6. The number of aryl methyl sites for hydroxylation is 1. The molecule has 0 N–H and O–H groups in total. The summed E-state index contributed by atoms with van der Waals surface area (Å²) in [6, 6.07) is 21.9. The summed E-state index contributed by atoms with van der Waals surface area (Å²) >= 11 is 6.47. The van der Waals surface area contributed by atoms with Crippen molar-refractivity contribution in [2.24, 2.45) is 0 Å². The van der Waals surface area contributed by atoms with Crippen LogP contribution in [0.2, 0.25) is 5.02 Å². The number of halogens is 1. The standard InChI is InChI=1S/C26H25ClN2O2/c1-3-9-19-14-15-24(25(18-19)30-2)31-17-8-16-29-23-13-7-6-12-22(23)28-26(29)20-10-4-5-11-21(20)27/h3-7,9-15,18H,8,16-17H2,1-2H3/b9-3+. The molecule has 0 aliphatic carbocycles. The average molecular weight is 433 g/mol. The van der Waals surface area contributed by atoms with Crippen LogP contribution >= 0.6 is 11.6 Å². The summed E-state index contributed by atoms with van der Waals surface area (Å²) < 4.78 is 13.7. The first kappa shape index (κ1) is 21.0. The van der Waals surface area contributed by atoms with Gasteiger partial charge in [0.15, 0.2) is 11.5 Å². The van der Waals surface area contributed by atoms with Crippen molar-refractivity contribution >= 4 is 28.7 Å². The first-order valence-corrected chi connectivity index (χ1v) is 10.7. The van der Waals surface area contributed by atoms with E-state index in [4.69, 9.17) is 26.1 Å². The topological polar surface area (TPSA) is 36.3 Å². The Morgan fingerprint density at radius 1 is 1.00 bits per heavy atom. The number of aromatic nitrogens is 2. The van der Waals surface area contributed by atoms with E-state index in [1.54, 1.807) is 7.11 Å². The molecule has 1 heterocycles. The second-order valence-corrected chi connectivity index (χ2v) is 7.58. The van der Waals surface area contributed by atoms with Gasteiger partial charge in [-0.1, -0.05) is 54.1 Å². The quantitative estimate of drug-likeness (QED) is 0.285. The van der Waals surface area contributed by atoms with Crippen molar-refractivity contribution in [2.45, 2.75) is 19.9 Å². The summed E-state index contributed by atoms with van der Waals surface area (Å²) in [5, 5.41) is 0.696. The third-order valence-corrected chi connectivity index (χ3v) is 5.43. The van der Waals surface area contributed by atoms with Gasteiger partial charge in [-0.3, -0.25) is 0 Å². The maximum absolute atomic E-state index is 6.47. The third-order valence-electron chi connectivity index (χ3n) is 5.10. The number of benzene rings is 3. The van der Waals surface area contributed by atoms with Gasteiger partial charge in [-0.25, -0.2) is 4.98 Å². The predicted octanol–water partition coefficient (Wildman–Crippen LogP) is 6.87. The fourth-order valence-electron chi connectivity index (χ4n) is 3.65. The number of hydrogen-bond donors (Lipinski definition) is 0. The average Bonchev–Trinajstić information content (AvgIpc) is 3.16. The van der Waals surface area contributed by atoms with E-state index in [1.807, 2.05) is 79.7 Å². The molecule has 0 radical (unpaired) electrons. The SMILES string of the molecule is C/C=C/c1ccc(OCCCn2c(-c3ccccc3Cl)nc3ccccc32)c(OC)c1. The minimum absolute atomic E-state index is 0.563. The molecule has 31 heavy (non-hydrogen) atoms. The van der Waals surface area contributed by atoms with Crippen LogP contribution in [0, 0.1) is 0 Å². The van der Waals surface area contributed by atoms with Crippen molar-refractivity contribution in [3.63, 3.8) is 0 Å². The molecule has 0 aliphatic rings. The molecule has 4 rings (SSSR count). The lowest BCUT2D eigenvalue weighted by Crippen LogP contribution is -2.07. The molecule has 4 nitrogen and oxygen atoms in total. The number of para-hydroxylation sites is 2. The Kier molecular flexibility index (Phi) is 6.58. The van der Waals surface area contributed by atoms with Gasteiger partial charge in [0, 0.05) is 12.1 Å². The van der Waals surface area contributed by atoms with Gasteiger partial charge in [-0.05, 0) is 55.3 Å². The van der Waals surface area contributed by atoms with Crippen molar-refractivity contribution in [1.29, 1.82) is 0 Å². The zero-order valence-corrected chi connectivity index (χ0v) is 18.5. The van der Waals surface area contributed by atoms with Gasteiger partial charge in [0.25, 0.3) is 0 Å². The van der Waals surface area contributed by atoms with Crippen LogP contribution in [-0.4, -0.2) is 23.3 Å². The molecular weight excluding hydrogens is 408 g/mol. The third kappa shape index (κ3) is 4.59. The Hall–Kier alpha value is -3.24. The molecule has 0 amide bonds. The van der Waals surface area contributed by atoms with E-state index in [1.165, 1.54) is 0 Å². The Bertz CT molecular complexity index is 1210. The summed E-state index contributed by atoms with van der Waals surface area (Å²) in [5.74, 6) is 2.36. The van der Waals surface area contributed by atoms with Gasteiger partial charge in [-0.2, -0.15) is 0 Å². The van der Waals surface area contributed by atoms with Crippen LogP contribution in [0.15, 0.2) is 72.8 Å². The Morgan fingerprint density at radius 3 is 2.61 bits per heavy atom. The van der Waals surface area contributed by atoms with E-state index in [0.29, 0.717) is 11.6 Å². The van der Waals surface area contributed by atoms with Gasteiger partial charge < -0.3 is 14.0 Å². The van der Waals surface area contributed by atoms with Gasteiger partial charge >= 0.3 is 0 Å². The summed E-state index contributed by atoms with van der Waals surface area (Å²) in [6.07, 6.45) is 4.85. The molecule has 0 saturated carbocycles. The van der Waals surface area contributed by atoms with Gasteiger partial charge in [-0.15, -0.1) is 0 Å². The highest BCUT2D eigenvalue weighted by Crippen LogP contribution is 2.31. The number of ether oxygens (including phenoxy) is 2. The number of allylic oxidation sites excluding steroid dienone is 1. The second kappa shape index (κ2) is 9.71. The lowest BCUT2D eigenvalue weighted by atomic mass is 10.2. The van der Waals surface area contributed by atoms with Crippen LogP contribution in [0.1, 0.15) is 18.9 Å². The van der Waals surface area contributed by atoms with Crippen LogP contribution in [0.3, 0.4) is 0 Å². The molecule has 5 heteroatoms. The van der Waals surface area contributed by atoms with Crippen LogP contribution < -0.4 is 9.47 Å². The van der Waals surface area contributed by atoms with Gasteiger partial charge in [0.1, 0.15) is 5.82 Å². The second-order valence-electron chi connectivity index (χ2n) is 7.17. The maximum Gasteiger partial charge on any atom is 0.161 e. The summed E-state index contributed by atoms with van der Waals surface area (Å²) in [6.45, 7) is 3.32. The number of rotatable bonds is 8. The van der Waals surface area contributed by atoms with Gasteiger partial charge in [0.2, 0.25) is 0 Å². The lowest BCUT2D eigenvalue weighted by Gasteiger charge is -2.13. The molecule has 0 unspecified atom stereocenters. The summed E-state index contributed by atoms with van der Waals surface area (Å²) in [4.78, 5) is 4.85. The summed E-state index contributed by atoms with van der Waals surface area (Å²) in [5.41, 5.74) is 4.06. The molecular formula is C26H25ClN2O2. The highest BCUT2D eigenvalue weighted by atomic mass is 35.5. The molecule has 4 aromatic rings. The normalized spacial score (nSPS) is 11.3. The molecule has 0 fully saturated rings. The maximum atomic E-state index is 6.47. The highest BCUT2D eigenvalue weighted by molar-refractivity contribution is 6.33. The van der Waals surface area contributed by atoms with E-state index >= 15 is 0 Å². The molecule has 0 aliphatic heterocycles. The molecule has 0 atom stereocenters. The monoisotopic (exact) mass is 432 g/mol. The smallest absolute Gasteiger partial charge is 0.161 e. The van der Waals surface area contributed by atoms with Crippen molar-refractivity contribution < 1.29 is 9.47 Å². The lowest BCUT2D eigenvalue weighted by molar-refractivity contribution is 0.283. The number of hydrogen-bond acceptors (Lipinski definition) is 3.